The van der Waals surface area contributed by atoms with Gasteiger partial charge in [-0.25, -0.2) is 0 Å². The van der Waals surface area contributed by atoms with Crippen molar-refractivity contribution >= 4 is 16.7 Å². The molecule has 2 bridgehead atoms. The van der Waals surface area contributed by atoms with Gasteiger partial charge >= 0.3 is 5.97 Å². The lowest BCUT2D eigenvalue weighted by molar-refractivity contribution is -0.946. The first-order valence-electron chi connectivity index (χ1n) is 14.3. The SMILES string of the molecule is O=C(O[C@H]1C[N+]2(CCc3ccc4ccccc4c3)CCC1CC2)C1(c2ccccc2)CCCCCC1.[Br-]. The maximum absolute atomic E-state index is 14.0. The van der Waals surface area contributed by atoms with Gasteiger partial charge in [-0.15, -0.1) is 0 Å². The van der Waals surface area contributed by atoms with E-state index in [2.05, 4.69) is 72.8 Å². The standard InChI is InChI=1S/C33H40NO2.BrH/c35-32(33(19-8-1-2-9-20-33)30-12-4-3-5-13-30)36-31-25-34(22-17-28(31)18-23-34)21-16-26-14-15-27-10-6-7-11-29(27)24-26;/h3-7,10-15,24,28,31H,1-2,8-9,16-23,25H2;1H/q+1;/p-1/t28?,31-,34?;/m0./s1. The fraction of sp³-hybridized carbons (Fsp3) is 0.485. The first-order valence-corrected chi connectivity index (χ1v) is 14.3. The number of rotatable bonds is 6. The van der Waals surface area contributed by atoms with Crippen LogP contribution in [-0.2, 0) is 21.4 Å². The summed E-state index contributed by atoms with van der Waals surface area (Å²) in [7, 11) is 0. The summed E-state index contributed by atoms with van der Waals surface area (Å²) in [6.07, 6.45) is 10.1. The van der Waals surface area contributed by atoms with Crippen LogP contribution >= 0.6 is 0 Å². The summed E-state index contributed by atoms with van der Waals surface area (Å²) < 4.78 is 7.67. The summed E-state index contributed by atoms with van der Waals surface area (Å²) in [6.45, 7) is 4.60. The number of ether oxygens (including phenoxy) is 1. The minimum absolute atomic E-state index is 0. The molecule has 3 aromatic carbocycles. The van der Waals surface area contributed by atoms with Gasteiger partial charge in [0, 0.05) is 25.2 Å². The minimum atomic E-state index is -0.459. The molecular formula is C33H40BrNO2. The Balaban J connectivity index is 0.00000280. The van der Waals surface area contributed by atoms with Crippen LogP contribution in [0.3, 0.4) is 0 Å². The number of nitrogens with zero attached hydrogens (tertiary/aromatic N) is 1. The average Bonchev–Trinajstić information content (AvgIpc) is 3.20. The third kappa shape index (κ3) is 5.38. The summed E-state index contributed by atoms with van der Waals surface area (Å²) in [5.41, 5.74) is 2.13. The zero-order valence-corrected chi connectivity index (χ0v) is 23.5. The van der Waals surface area contributed by atoms with E-state index in [1.807, 2.05) is 0 Å². The van der Waals surface area contributed by atoms with Gasteiger partial charge in [0.05, 0.1) is 25.0 Å². The summed E-state index contributed by atoms with van der Waals surface area (Å²) in [5.74, 6) is 0.593. The van der Waals surface area contributed by atoms with E-state index in [1.165, 1.54) is 60.7 Å². The van der Waals surface area contributed by atoms with Crippen LogP contribution < -0.4 is 17.0 Å². The lowest BCUT2D eigenvalue weighted by atomic mass is 9.74. The Morgan fingerprint density at radius 1 is 0.838 bits per heavy atom. The molecule has 4 heteroatoms. The molecule has 4 fully saturated rings. The zero-order valence-electron chi connectivity index (χ0n) is 21.9. The lowest BCUT2D eigenvalue weighted by Crippen LogP contribution is -3.00. The molecular weight excluding hydrogens is 522 g/mol. The maximum atomic E-state index is 14.0. The van der Waals surface area contributed by atoms with Gasteiger partial charge in [0.2, 0.25) is 0 Å². The number of hydrogen-bond acceptors (Lipinski definition) is 2. The Hall–Kier alpha value is -2.17. The van der Waals surface area contributed by atoms with Crippen molar-refractivity contribution in [1.82, 2.24) is 0 Å². The van der Waals surface area contributed by atoms with Crippen molar-refractivity contribution in [3.63, 3.8) is 0 Å². The molecule has 0 N–H and O–H groups in total. The van der Waals surface area contributed by atoms with Crippen molar-refractivity contribution in [2.75, 3.05) is 26.2 Å². The molecule has 0 radical (unpaired) electrons. The van der Waals surface area contributed by atoms with Crippen LogP contribution in [0.5, 0.6) is 0 Å². The molecule has 196 valence electrons. The molecule has 1 aliphatic carbocycles. The Labute approximate surface area is 232 Å². The number of quaternary nitrogens is 1. The van der Waals surface area contributed by atoms with E-state index < -0.39 is 5.41 Å². The number of piperidine rings is 3. The number of fused-ring (bicyclic) bond motifs is 4. The van der Waals surface area contributed by atoms with E-state index in [0.29, 0.717) is 5.92 Å². The molecule has 7 rings (SSSR count). The summed E-state index contributed by atoms with van der Waals surface area (Å²) in [6, 6.07) is 26.1. The van der Waals surface area contributed by atoms with Gasteiger partial charge in [0.25, 0.3) is 0 Å². The van der Waals surface area contributed by atoms with E-state index in [4.69, 9.17) is 4.74 Å². The summed E-state index contributed by atoms with van der Waals surface area (Å²) in [4.78, 5) is 14.0. The highest BCUT2D eigenvalue weighted by molar-refractivity contribution is 5.84. The molecule has 3 aromatic rings. The highest BCUT2D eigenvalue weighted by Gasteiger charge is 2.50. The fourth-order valence-electron chi connectivity index (χ4n) is 7.38. The molecule has 0 aromatic heterocycles. The van der Waals surface area contributed by atoms with E-state index >= 15 is 0 Å². The fourth-order valence-corrected chi connectivity index (χ4v) is 7.38. The quantitative estimate of drug-likeness (QED) is 0.260. The van der Waals surface area contributed by atoms with Crippen molar-refractivity contribution in [2.24, 2.45) is 5.92 Å². The van der Waals surface area contributed by atoms with E-state index in [9.17, 15) is 4.79 Å². The molecule has 1 saturated carbocycles. The third-order valence-electron chi connectivity index (χ3n) is 9.66. The van der Waals surface area contributed by atoms with Gasteiger partial charge in [0.15, 0.2) is 6.10 Å². The number of carbonyl (C=O) groups is 1. The smallest absolute Gasteiger partial charge is 0.317 e. The van der Waals surface area contributed by atoms with Gasteiger partial charge in [0.1, 0.15) is 6.54 Å². The number of esters is 1. The molecule has 3 heterocycles. The molecule has 1 atom stereocenters. The van der Waals surface area contributed by atoms with Crippen LogP contribution in [0.2, 0.25) is 0 Å². The topological polar surface area (TPSA) is 26.3 Å². The predicted molar refractivity (Wildman–Crippen MR) is 146 cm³/mol. The second kappa shape index (κ2) is 11.3. The molecule has 0 unspecified atom stereocenters. The Bertz CT molecular complexity index is 1190. The maximum Gasteiger partial charge on any atom is 0.317 e. The lowest BCUT2D eigenvalue weighted by Gasteiger charge is -2.52. The first-order chi connectivity index (χ1) is 17.7. The van der Waals surface area contributed by atoms with Gasteiger partial charge in [-0.05, 0) is 34.7 Å². The van der Waals surface area contributed by atoms with Crippen molar-refractivity contribution in [3.05, 3.63) is 83.9 Å². The Kier molecular flexibility index (Phi) is 8.07. The molecule has 3 saturated heterocycles. The Morgan fingerprint density at radius 2 is 1.51 bits per heavy atom. The van der Waals surface area contributed by atoms with Gasteiger partial charge in [-0.3, -0.25) is 4.79 Å². The van der Waals surface area contributed by atoms with Crippen molar-refractivity contribution in [1.29, 1.82) is 0 Å². The van der Waals surface area contributed by atoms with Crippen LogP contribution in [0, 0.1) is 5.92 Å². The minimum Gasteiger partial charge on any atom is -1.00 e. The van der Waals surface area contributed by atoms with Crippen LogP contribution in [0.1, 0.15) is 62.5 Å². The normalized spacial score (nSPS) is 26.7. The molecule has 3 nitrogen and oxygen atoms in total. The Morgan fingerprint density at radius 3 is 2.24 bits per heavy atom. The van der Waals surface area contributed by atoms with Crippen LogP contribution in [-0.4, -0.2) is 42.7 Å². The highest BCUT2D eigenvalue weighted by Crippen LogP contribution is 2.42. The van der Waals surface area contributed by atoms with Gasteiger partial charge < -0.3 is 26.2 Å². The second-order valence-electron chi connectivity index (χ2n) is 11.8. The number of hydrogen-bond donors (Lipinski definition) is 0. The number of carbonyl (C=O) groups excluding carboxylic acids is 1. The molecule has 4 aliphatic rings. The van der Waals surface area contributed by atoms with Gasteiger partial charge in [-0.1, -0.05) is 98.5 Å². The predicted octanol–water partition coefficient (Wildman–Crippen LogP) is 3.83. The van der Waals surface area contributed by atoms with Crippen molar-refractivity contribution < 1.29 is 31.0 Å². The molecule has 37 heavy (non-hydrogen) atoms. The van der Waals surface area contributed by atoms with Crippen LogP contribution in [0.15, 0.2) is 72.8 Å². The van der Waals surface area contributed by atoms with Gasteiger partial charge in [-0.2, -0.15) is 0 Å². The number of halogens is 1. The first kappa shape index (κ1) is 26.4. The third-order valence-corrected chi connectivity index (χ3v) is 9.66. The molecule has 3 aliphatic heterocycles. The molecule has 0 amide bonds. The second-order valence-corrected chi connectivity index (χ2v) is 11.8. The average molecular weight is 563 g/mol. The zero-order chi connectivity index (χ0) is 24.4. The van der Waals surface area contributed by atoms with Crippen LogP contribution in [0.4, 0.5) is 0 Å². The van der Waals surface area contributed by atoms with Crippen LogP contribution in [0.25, 0.3) is 10.8 Å². The van der Waals surface area contributed by atoms with E-state index in [0.717, 1.165) is 49.7 Å². The summed E-state index contributed by atoms with van der Waals surface area (Å²) in [5, 5.41) is 2.64. The largest absolute Gasteiger partial charge is 1.00 e. The van der Waals surface area contributed by atoms with Crippen molar-refractivity contribution in [2.45, 2.75) is 69.3 Å². The number of benzene rings is 3. The van der Waals surface area contributed by atoms with E-state index in [-0.39, 0.29) is 29.1 Å². The molecule has 0 spiro atoms. The highest BCUT2D eigenvalue weighted by atomic mass is 79.9. The van der Waals surface area contributed by atoms with Crippen molar-refractivity contribution in [3.8, 4) is 0 Å². The monoisotopic (exact) mass is 561 g/mol. The summed E-state index contributed by atoms with van der Waals surface area (Å²) >= 11 is 0. The van der Waals surface area contributed by atoms with E-state index in [1.54, 1.807) is 0 Å².